The van der Waals surface area contributed by atoms with Crippen molar-refractivity contribution in [3.05, 3.63) is 0 Å². The number of nitrogens with one attached hydrogen (secondary N) is 2. The van der Waals surface area contributed by atoms with Gasteiger partial charge in [-0.1, -0.05) is 12.8 Å². The molecule has 0 aromatic rings. The van der Waals surface area contributed by atoms with Crippen LogP contribution >= 0.6 is 0 Å². The van der Waals surface area contributed by atoms with E-state index in [-0.39, 0.29) is 18.1 Å². The summed E-state index contributed by atoms with van der Waals surface area (Å²) in [7, 11) is 0. The quantitative estimate of drug-likeness (QED) is 0.645. The highest BCUT2D eigenvalue weighted by molar-refractivity contribution is 5.75. The summed E-state index contributed by atoms with van der Waals surface area (Å²) >= 11 is 0. The lowest BCUT2D eigenvalue weighted by Gasteiger charge is -2.14. The van der Waals surface area contributed by atoms with Gasteiger partial charge in [0.2, 0.25) is 0 Å². The SMILES string of the molecule is C#CC(CC)NC(=O)NC1CCOC1. The summed E-state index contributed by atoms with van der Waals surface area (Å²) in [5.41, 5.74) is 0. The van der Waals surface area contributed by atoms with Gasteiger partial charge in [-0.2, -0.15) is 0 Å². The minimum Gasteiger partial charge on any atom is -0.379 e. The van der Waals surface area contributed by atoms with E-state index in [1.807, 2.05) is 6.92 Å². The normalized spacial score (nSPS) is 22.4. The molecule has 1 heterocycles. The van der Waals surface area contributed by atoms with Crippen LogP contribution in [0.1, 0.15) is 19.8 Å². The van der Waals surface area contributed by atoms with Crippen molar-refractivity contribution in [3.63, 3.8) is 0 Å². The lowest BCUT2D eigenvalue weighted by molar-refractivity contribution is 0.188. The van der Waals surface area contributed by atoms with E-state index in [1.165, 1.54) is 0 Å². The minimum absolute atomic E-state index is 0.130. The molecule has 2 unspecified atom stereocenters. The number of amides is 2. The zero-order valence-corrected chi connectivity index (χ0v) is 8.38. The van der Waals surface area contributed by atoms with Crippen molar-refractivity contribution >= 4 is 6.03 Å². The van der Waals surface area contributed by atoms with Crippen LogP contribution in [0.25, 0.3) is 0 Å². The molecule has 1 aliphatic heterocycles. The van der Waals surface area contributed by atoms with Crippen LogP contribution in [0.2, 0.25) is 0 Å². The van der Waals surface area contributed by atoms with Gasteiger partial charge in [0.05, 0.1) is 18.7 Å². The molecular weight excluding hydrogens is 180 g/mol. The number of hydrogen-bond acceptors (Lipinski definition) is 2. The highest BCUT2D eigenvalue weighted by Gasteiger charge is 2.18. The van der Waals surface area contributed by atoms with Gasteiger partial charge < -0.3 is 15.4 Å². The van der Waals surface area contributed by atoms with E-state index in [0.717, 1.165) is 19.4 Å². The maximum absolute atomic E-state index is 11.4. The lowest BCUT2D eigenvalue weighted by Crippen LogP contribution is -2.45. The molecule has 2 N–H and O–H groups in total. The Morgan fingerprint density at radius 1 is 1.79 bits per heavy atom. The predicted octanol–water partition coefficient (Wildman–Crippen LogP) is 0.486. The van der Waals surface area contributed by atoms with Crippen LogP contribution in [0.5, 0.6) is 0 Å². The van der Waals surface area contributed by atoms with Crippen molar-refractivity contribution in [2.75, 3.05) is 13.2 Å². The van der Waals surface area contributed by atoms with Crippen LogP contribution < -0.4 is 10.6 Å². The Kier molecular flexibility index (Phi) is 4.27. The van der Waals surface area contributed by atoms with Crippen LogP contribution in [0, 0.1) is 12.3 Å². The Hall–Kier alpha value is -1.21. The summed E-state index contributed by atoms with van der Waals surface area (Å²) in [6.45, 7) is 3.25. The zero-order chi connectivity index (χ0) is 10.4. The summed E-state index contributed by atoms with van der Waals surface area (Å²) in [5, 5.41) is 5.51. The molecule has 0 aromatic carbocycles. The molecule has 0 bridgehead atoms. The fourth-order valence-corrected chi connectivity index (χ4v) is 1.30. The largest absolute Gasteiger partial charge is 0.379 e. The third kappa shape index (κ3) is 3.27. The van der Waals surface area contributed by atoms with E-state index in [4.69, 9.17) is 11.2 Å². The van der Waals surface area contributed by atoms with E-state index < -0.39 is 0 Å². The number of urea groups is 1. The second-order valence-electron chi connectivity index (χ2n) is 3.31. The van der Waals surface area contributed by atoms with Crippen LogP contribution in [-0.2, 0) is 4.74 Å². The number of ether oxygens (including phenoxy) is 1. The summed E-state index contributed by atoms with van der Waals surface area (Å²) in [4.78, 5) is 11.4. The van der Waals surface area contributed by atoms with Gasteiger partial charge in [-0.05, 0) is 12.8 Å². The van der Waals surface area contributed by atoms with Crippen molar-refractivity contribution in [2.24, 2.45) is 0 Å². The third-order valence-corrected chi connectivity index (χ3v) is 2.18. The Labute approximate surface area is 84.4 Å². The van der Waals surface area contributed by atoms with Crippen molar-refractivity contribution in [1.82, 2.24) is 10.6 Å². The topological polar surface area (TPSA) is 50.4 Å². The predicted molar refractivity (Wildman–Crippen MR) is 53.8 cm³/mol. The number of carbonyl (C=O) groups excluding carboxylic acids is 1. The van der Waals surface area contributed by atoms with Gasteiger partial charge in [-0.15, -0.1) is 6.42 Å². The molecule has 1 fully saturated rings. The van der Waals surface area contributed by atoms with Crippen molar-refractivity contribution < 1.29 is 9.53 Å². The third-order valence-electron chi connectivity index (χ3n) is 2.18. The first-order valence-corrected chi connectivity index (χ1v) is 4.87. The van der Waals surface area contributed by atoms with E-state index >= 15 is 0 Å². The summed E-state index contributed by atoms with van der Waals surface area (Å²) in [5.74, 6) is 2.50. The molecule has 0 aromatic heterocycles. The van der Waals surface area contributed by atoms with Gasteiger partial charge >= 0.3 is 6.03 Å². The minimum atomic E-state index is -0.203. The zero-order valence-electron chi connectivity index (χ0n) is 8.38. The smallest absolute Gasteiger partial charge is 0.316 e. The molecule has 0 radical (unpaired) electrons. The molecule has 2 atom stereocenters. The second-order valence-corrected chi connectivity index (χ2v) is 3.31. The van der Waals surface area contributed by atoms with Crippen LogP contribution in [0.3, 0.4) is 0 Å². The second kappa shape index (κ2) is 5.51. The molecule has 4 nitrogen and oxygen atoms in total. The molecule has 14 heavy (non-hydrogen) atoms. The first-order valence-electron chi connectivity index (χ1n) is 4.87. The fourth-order valence-electron chi connectivity index (χ4n) is 1.30. The van der Waals surface area contributed by atoms with Gasteiger partial charge in [0.1, 0.15) is 0 Å². The van der Waals surface area contributed by atoms with Gasteiger partial charge in [-0.3, -0.25) is 0 Å². The first kappa shape index (κ1) is 10.9. The Balaban J connectivity index is 2.24. The van der Waals surface area contributed by atoms with E-state index in [2.05, 4.69) is 16.6 Å². The molecule has 4 heteroatoms. The summed E-state index contributed by atoms with van der Waals surface area (Å²) < 4.78 is 5.13. The van der Waals surface area contributed by atoms with Crippen molar-refractivity contribution in [2.45, 2.75) is 31.8 Å². The van der Waals surface area contributed by atoms with Gasteiger partial charge in [-0.25, -0.2) is 4.79 Å². The monoisotopic (exact) mass is 196 g/mol. The van der Waals surface area contributed by atoms with Gasteiger partial charge in [0.25, 0.3) is 0 Å². The average Bonchev–Trinajstić information content (AvgIpc) is 2.66. The van der Waals surface area contributed by atoms with Gasteiger partial charge in [0.15, 0.2) is 0 Å². The Bertz CT molecular complexity index is 229. The number of carbonyl (C=O) groups is 1. The number of rotatable bonds is 3. The molecule has 1 rings (SSSR count). The van der Waals surface area contributed by atoms with Crippen LogP contribution in [-0.4, -0.2) is 31.3 Å². The maximum atomic E-state index is 11.4. The molecular formula is C10H16N2O2. The molecule has 2 amide bonds. The lowest BCUT2D eigenvalue weighted by atomic mass is 10.2. The molecule has 0 aliphatic carbocycles. The summed E-state index contributed by atoms with van der Waals surface area (Å²) in [6, 6.07) is -0.257. The first-order chi connectivity index (χ1) is 6.76. The molecule has 0 saturated carbocycles. The maximum Gasteiger partial charge on any atom is 0.316 e. The molecule has 1 aliphatic rings. The Morgan fingerprint density at radius 3 is 3.07 bits per heavy atom. The highest BCUT2D eigenvalue weighted by Crippen LogP contribution is 2.02. The van der Waals surface area contributed by atoms with Crippen molar-refractivity contribution in [1.29, 1.82) is 0 Å². The molecule has 1 saturated heterocycles. The van der Waals surface area contributed by atoms with E-state index in [9.17, 15) is 4.79 Å². The standard InChI is InChI=1S/C10H16N2O2/c1-3-8(4-2)11-10(13)12-9-5-6-14-7-9/h1,8-9H,4-7H2,2H3,(H2,11,12,13). The van der Waals surface area contributed by atoms with Crippen LogP contribution in [0.15, 0.2) is 0 Å². The van der Waals surface area contributed by atoms with Crippen LogP contribution in [0.4, 0.5) is 4.79 Å². The summed E-state index contributed by atoms with van der Waals surface area (Å²) in [6.07, 6.45) is 6.84. The van der Waals surface area contributed by atoms with E-state index in [0.29, 0.717) is 6.61 Å². The molecule has 0 spiro atoms. The Morgan fingerprint density at radius 2 is 2.57 bits per heavy atom. The van der Waals surface area contributed by atoms with Crippen molar-refractivity contribution in [3.8, 4) is 12.3 Å². The highest BCUT2D eigenvalue weighted by atomic mass is 16.5. The average molecular weight is 196 g/mol. The molecule has 78 valence electrons. The number of terminal acetylenes is 1. The number of hydrogen-bond donors (Lipinski definition) is 2. The van der Waals surface area contributed by atoms with E-state index in [1.54, 1.807) is 0 Å². The van der Waals surface area contributed by atoms with Gasteiger partial charge in [0, 0.05) is 6.61 Å². The fraction of sp³-hybridized carbons (Fsp3) is 0.700.